The Bertz CT molecular complexity index is 941. The number of rotatable bonds is 7. The van der Waals surface area contributed by atoms with E-state index in [1.807, 2.05) is 17.5 Å². The van der Waals surface area contributed by atoms with Gasteiger partial charge in [0.1, 0.15) is 0 Å². The first kappa shape index (κ1) is 19.0. The van der Waals surface area contributed by atoms with Gasteiger partial charge in [0.25, 0.3) is 0 Å². The lowest BCUT2D eigenvalue weighted by molar-refractivity contribution is -0.116. The smallest absolute Gasteiger partial charge is 0.231 e. The van der Waals surface area contributed by atoms with Gasteiger partial charge in [-0.2, -0.15) is 0 Å². The van der Waals surface area contributed by atoms with Crippen LogP contribution in [0.1, 0.15) is 10.6 Å². The van der Waals surface area contributed by atoms with E-state index in [-0.39, 0.29) is 30.4 Å². The molecule has 0 bridgehead atoms. The molecule has 2 aromatic heterocycles. The highest BCUT2D eigenvalue weighted by molar-refractivity contribution is 7.14. The van der Waals surface area contributed by atoms with Crippen LogP contribution in [0.25, 0.3) is 0 Å². The van der Waals surface area contributed by atoms with Gasteiger partial charge >= 0.3 is 0 Å². The van der Waals surface area contributed by atoms with Gasteiger partial charge in [-0.3, -0.25) is 9.59 Å². The van der Waals surface area contributed by atoms with E-state index in [9.17, 15) is 14.0 Å². The monoisotopic (exact) mass is 405 g/mol. The number of carbonyl (C=O) groups is 2. The lowest BCUT2D eigenvalue weighted by atomic mass is 10.2. The molecule has 2 N–H and O–H groups in total. The Balaban J connectivity index is 1.53. The minimum atomic E-state index is -0.556. The number of nitrogens with zero attached hydrogens (tertiary/aromatic N) is 1. The van der Waals surface area contributed by atoms with Crippen molar-refractivity contribution < 1.29 is 18.7 Å². The Labute approximate surface area is 163 Å². The molecular weight excluding hydrogens is 389 g/mol. The number of methoxy groups -OCH3 is 1. The highest BCUT2D eigenvalue weighted by atomic mass is 32.1. The molecule has 3 rings (SSSR count). The summed E-state index contributed by atoms with van der Waals surface area (Å²) < 4.78 is 18.5. The summed E-state index contributed by atoms with van der Waals surface area (Å²) in [5, 5.41) is 9.39. The fourth-order valence-electron chi connectivity index (χ4n) is 2.29. The third-order valence-corrected chi connectivity index (χ3v) is 5.17. The number of hydrogen-bond acceptors (Lipinski definition) is 6. The van der Waals surface area contributed by atoms with Gasteiger partial charge in [0, 0.05) is 22.0 Å². The lowest BCUT2D eigenvalue weighted by Crippen LogP contribution is -2.15. The lowest BCUT2D eigenvalue weighted by Gasteiger charge is -2.06. The molecule has 0 aliphatic heterocycles. The third kappa shape index (κ3) is 5.35. The van der Waals surface area contributed by atoms with Gasteiger partial charge < -0.3 is 15.4 Å². The Hall–Kier alpha value is -2.78. The Morgan fingerprint density at radius 1 is 1.15 bits per heavy atom. The fraction of sp³-hybridized carbons (Fsp3) is 0.167. The number of ether oxygens (including phenoxy) is 1. The van der Waals surface area contributed by atoms with Gasteiger partial charge in [-0.1, -0.05) is 6.07 Å². The van der Waals surface area contributed by atoms with E-state index in [1.54, 1.807) is 11.4 Å². The van der Waals surface area contributed by atoms with E-state index in [4.69, 9.17) is 4.74 Å². The number of halogens is 1. The molecule has 0 atom stereocenters. The minimum absolute atomic E-state index is 0.0188. The Morgan fingerprint density at radius 3 is 2.67 bits per heavy atom. The molecule has 0 radical (unpaired) electrons. The largest absolute Gasteiger partial charge is 0.494 e. The molecule has 0 aliphatic carbocycles. The van der Waals surface area contributed by atoms with Crippen LogP contribution in [-0.4, -0.2) is 23.9 Å². The zero-order valence-corrected chi connectivity index (χ0v) is 16.0. The van der Waals surface area contributed by atoms with E-state index in [0.717, 1.165) is 4.88 Å². The van der Waals surface area contributed by atoms with E-state index in [2.05, 4.69) is 15.6 Å². The first-order valence-electron chi connectivity index (χ1n) is 7.93. The Kier molecular flexibility index (Phi) is 6.15. The molecule has 3 aromatic rings. The summed E-state index contributed by atoms with van der Waals surface area (Å²) in [4.78, 5) is 29.3. The summed E-state index contributed by atoms with van der Waals surface area (Å²) in [6.45, 7) is 0. The predicted octanol–water partition coefficient (Wildman–Crippen LogP) is 3.71. The maximum atomic E-state index is 13.7. The van der Waals surface area contributed by atoms with Crippen LogP contribution in [0, 0.1) is 5.82 Å². The SMILES string of the molecule is COc1ccc(NC(=O)Cc2csc(NC(=O)Cc3cccs3)n2)cc1F. The van der Waals surface area contributed by atoms with Crippen molar-refractivity contribution in [2.75, 3.05) is 17.7 Å². The highest BCUT2D eigenvalue weighted by Gasteiger charge is 2.12. The average molecular weight is 405 g/mol. The van der Waals surface area contributed by atoms with Crippen molar-refractivity contribution >= 4 is 45.3 Å². The molecule has 0 aliphatic rings. The van der Waals surface area contributed by atoms with Crippen LogP contribution in [-0.2, 0) is 22.4 Å². The van der Waals surface area contributed by atoms with E-state index in [0.29, 0.717) is 16.5 Å². The topological polar surface area (TPSA) is 80.3 Å². The quantitative estimate of drug-likeness (QED) is 0.628. The number of carbonyl (C=O) groups excluding carboxylic acids is 2. The number of thiazole rings is 1. The van der Waals surface area contributed by atoms with Gasteiger partial charge in [-0.15, -0.1) is 22.7 Å². The number of aromatic nitrogens is 1. The van der Waals surface area contributed by atoms with Crippen molar-refractivity contribution in [3.05, 3.63) is 57.5 Å². The number of anilines is 2. The molecule has 0 saturated heterocycles. The second-order valence-electron chi connectivity index (χ2n) is 5.52. The van der Waals surface area contributed by atoms with Crippen molar-refractivity contribution in [3.8, 4) is 5.75 Å². The van der Waals surface area contributed by atoms with Crippen LogP contribution in [0.2, 0.25) is 0 Å². The van der Waals surface area contributed by atoms with Gasteiger partial charge in [0.15, 0.2) is 16.7 Å². The number of benzene rings is 1. The standard InChI is InChI=1S/C18H16FN3O3S2/c1-25-15-5-4-11(7-14(15)19)20-16(23)8-12-10-27-18(21-12)22-17(24)9-13-3-2-6-26-13/h2-7,10H,8-9H2,1H3,(H,20,23)(H,21,22,24). The highest BCUT2D eigenvalue weighted by Crippen LogP contribution is 2.21. The molecular formula is C18H16FN3O3S2. The summed E-state index contributed by atoms with van der Waals surface area (Å²) in [5.74, 6) is -0.937. The van der Waals surface area contributed by atoms with Crippen molar-refractivity contribution in [3.63, 3.8) is 0 Å². The zero-order valence-electron chi connectivity index (χ0n) is 14.3. The fourth-order valence-corrected chi connectivity index (χ4v) is 3.72. The molecule has 140 valence electrons. The zero-order chi connectivity index (χ0) is 19.2. The molecule has 0 spiro atoms. The molecule has 27 heavy (non-hydrogen) atoms. The molecule has 2 amide bonds. The van der Waals surface area contributed by atoms with Crippen LogP contribution in [0.15, 0.2) is 41.1 Å². The first-order chi connectivity index (χ1) is 13.0. The van der Waals surface area contributed by atoms with Gasteiger partial charge in [-0.05, 0) is 23.6 Å². The molecule has 6 nitrogen and oxygen atoms in total. The molecule has 1 aromatic carbocycles. The van der Waals surface area contributed by atoms with Gasteiger partial charge in [-0.25, -0.2) is 9.37 Å². The van der Waals surface area contributed by atoms with Crippen LogP contribution in [0.4, 0.5) is 15.2 Å². The summed E-state index contributed by atoms with van der Waals surface area (Å²) in [5.41, 5.74) is 0.857. The van der Waals surface area contributed by atoms with Crippen LogP contribution < -0.4 is 15.4 Å². The van der Waals surface area contributed by atoms with Crippen molar-refractivity contribution in [2.24, 2.45) is 0 Å². The number of nitrogens with one attached hydrogen (secondary N) is 2. The summed E-state index contributed by atoms with van der Waals surface area (Å²) in [6, 6.07) is 7.96. The number of thiophene rings is 1. The van der Waals surface area contributed by atoms with Crippen LogP contribution in [0.3, 0.4) is 0 Å². The number of amides is 2. The summed E-state index contributed by atoms with van der Waals surface area (Å²) in [7, 11) is 1.37. The molecule has 0 saturated carbocycles. The van der Waals surface area contributed by atoms with Gasteiger partial charge in [0.05, 0.1) is 25.6 Å². The molecule has 9 heteroatoms. The number of hydrogen-bond donors (Lipinski definition) is 2. The average Bonchev–Trinajstić information content (AvgIpc) is 3.27. The van der Waals surface area contributed by atoms with Crippen LogP contribution >= 0.6 is 22.7 Å². The second-order valence-corrected chi connectivity index (χ2v) is 7.41. The minimum Gasteiger partial charge on any atom is -0.494 e. The molecule has 0 fully saturated rings. The molecule has 0 unspecified atom stereocenters. The van der Waals surface area contributed by atoms with E-state index in [1.165, 1.54) is 41.9 Å². The maximum Gasteiger partial charge on any atom is 0.231 e. The predicted molar refractivity (Wildman–Crippen MR) is 104 cm³/mol. The van der Waals surface area contributed by atoms with Crippen molar-refractivity contribution in [1.29, 1.82) is 0 Å². The van der Waals surface area contributed by atoms with Crippen molar-refractivity contribution in [1.82, 2.24) is 4.98 Å². The second kappa shape index (κ2) is 8.74. The summed E-state index contributed by atoms with van der Waals surface area (Å²) >= 11 is 2.76. The molecule has 2 heterocycles. The Morgan fingerprint density at radius 2 is 1.96 bits per heavy atom. The normalized spacial score (nSPS) is 10.4. The summed E-state index contributed by atoms with van der Waals surface area (Å²) in [6.07, 6.45) is 0.307. The third-order valence-electron chi connectivity index (χ3n) is 3.49. The van der Waals surface area contributed by atoms with Gasteiger partial charge in [0.2, 0.25) is 11.8 Å². The van der Waals surface area contributed by atoms with E-state index >= 15 is 0 Å². The maximum absolute atomic E-state index is 13.7. The van der Waals surface area contributed by atoms with E-state index < -0.39 is 5.82 Å². The van der Waals surface area contributed by atoms with Crippen LogP contribution in [0.5, 0.6) is 5.75 Å². The van der Waals surface area contributed by atoms with Crippen molar-refractivity contribution in [2.45, 2.75) is 12.8 Å². The first-order valence-corrected chi connectivity index (χ1v) is 9.69.